The van der Waals surface area contributed by atoms with Crippen molar-refractivity contribution in [3.63, 3.8) is 0 Å². The number of nitrogens with one attached hydrogen (secondary N) is 1. The fraction of sp³-hybridized carbons (Fsp3) is 0.714. The van der Waals surface area contributed by atoms with Gasteiger partial charge in [0, 0.05) is 22.3 Å². The molecular formula is C7H11NO5S. The van der Waals surface area contributed by atoms with E-state index in [0.29, 0.717) is 0 Å². The van der Waals surface area contributed by atoms with Crippen molar-refractivity contribution in [1.82, 2.24) is 5.32 Å². The van der Waals surface area contributed by atoms with Crippen LogP contribution in [0.15, 0.2) is 0 Å². The summed E-state index contributed by atoms with van der Waals surface area (Å²) >= 11 is 0. The molecule has 1 rings (SSSR count). The Kier molecular flexibility index (Phi) is 3.59. The van der Waals surface area contributed by atoms with Gasteiger partial charge in [-0.05, 0) is 6.42 Å². The van der Waals surface area contributed by atoms with Crippen molar-refractivity contribution in [3.05, 3.63) is 0 Å². The minimum atomic E-state index is -1.25. The second-order valence-corrected chi connectivity index (χ2v) is 4.67. The summed E-state index contributed by atoms with van der Waals surface area (Å²) in [6.07, 6.45) is 0.200. The normalized spacial score (nSPS) is 33.3. The van der Waals surface area contributed by atoms with Gasteiger partial charge in [0.15, 0.2) is 0 Å². The maximum absolute atomic E-state index is 11.2. The van der Waals surface area contributed by atoms with Gasteiger partial charge in [-0.2, -0.15) is 0 Å². The summed E-state index contributed by atoms with van der Waals surface area (Å²) in [7, 11) is -1.25. The van der Waals surface area contributed by atoms with Gasteiger partial charge in [0.1, 0.15) is 12.1 Å². The van der Waals surface area contributed by atoms with Crippen LogP contribution in [0, 0.1) is 0 Å². The van der Waals surface area contributed by atoms with Gasteiger partial charge in [-0.3, -0.25) is 19.1 Å². The van der Waals surface area contributed by atoms with E-state index >= 15 is 0 Å². The van der Waals surface area contributed by atoms with Crippen molar-refractivity contribution in [3.8, 4) is 0 Å². The van der Waals surface area contributed by atoms with Crippen LogP contribution in [0.5, 0.6) is 0 Å². The van der Waals surface area contributed by atoms with E-state index in [9.17, 15) is 13.8 Å². The molecule has 0 amide bonds. The first-order chi connectivity index (χ1) is 6.50. The van der Waals surface area contributed by atoms with Crippen molar-refractivity contribution in [2.45, 2.75) is 18.5 Å². The molecule has 0 radical (unpaired) electrons. The third-order valence-electron chi connectivity index (χ3n) is 1.99. The third kappa shape index (κ3) is 2.78. The van der Waals surface area contributed by atoms with Gasteiger partial charge in [-0.25, -0.2) is 0 Å². The van der Waals surface area contributed by atoms with Crippen molar-refractivity contribution < 1.29 is 24.0 Å². The standard InChI is InChI=1S/C7H11NO5S/c9-6(10)4-1-2-14(13)3-5(8-4)7(11)12/h4-5,8H,1-3H2,(H,9,10)(H,11,12). The molecule has 0 aromatic rings. The van der Waals surface area contributed by atoms with Crippen LogP contribution < -0.4 is 5.32 Å². The number of rotatable bonds is 2. The maximum atomic E-state index is 11.2. The highest BCUT2D eigenvalue weighted by atomic mass is 32.2. The fourth-order valence-electron chi connectivity index (χ4n) is 1.23. The Hall–Kier alpha value is -0.950. The van der Waals surface area contributed by atoms with E-state index < -0.39 is 34.8 Å². The predicted octanol–water partition coefficient (Wildman–Crippen LogP) is -1.37. The van der Waals surface area contributed by atoms with Gasteiger partial charge in [0.05, 0.1) is 0 Å². The van der Waals surface area contributed by atoms with Crippen LogP contribution in [-0.2, 0) is 20.4 Å². The first-order valence-corrected chi connectivity index (χ1v) is 5.56. The molecule has 14 heavy (non-hydrogen) atoms. The Morgan fingerprint density at radius 2 is 1.79 bits per heavy atom. The second-order valence-electron chi connectivity index (χ2n) is 3.05. The largest absolute Gasteiger partial charge is 0.480 e. The van der Waals surface area contributed by atoms with Gasteiger partial charge in [0.25, 0.3) is 0 Å². The summed E-state index contributed by atoms with van der Waals surface area (Å²) < 4.78 is 11.2. The molecule has 1 fully saturated rings. The number of hydrogen-bond acceptors (Lipinski definition) is 4. The van der Waals surface area contributed by atoms with Crippen LogP contribution in [0.3, 0.4) is 0 Å². The molecule has 0 saturated carbocycles. The molecular weight excluding hydrogens is 210 g/mol. The topological polar surface area (TPSA) is 104 Å². The summed E-state index contributed by atoms with van der Waals surface area (Å²) in [6, 6.07) is -1.94. The fourth-order valence-corrected chi connectivity index (χ4v) is 2.51. The zero-order valence-corrected chi connectivity index (χ0v) is 8.12. The smallest absolute Gasteiger partial charge is 0.321 e. The molecule has 3 unspecified atom stereocenters. The number of hydrogen-bond donors (Lipinski definition) is 3. The molecule has 80 valence electrons. The number of aliphatic carboxylic acids is 2. The number of carboxylic acids is 2. The van der Waals surface area contributed by atoms with Gasteiger partial charge in [0.2, 0.25) is 0 Å². The predicted molar refractivity (Wildman–Crippen MR) is 48.5 cm³/mol. The average molecular weight is 221 g/mol. The molecule has 0 aromatic heterocycles. The zero-order chi connectivity index (χ0) is 10.7. The Morgan fingerprint density at radius 1 is 1.21 bits per heavy atom. The Labute approximate surface area is 82.8 Å². The lowest BCUT2D eigenvalue weighted by Crippen LogP contribution is -2.47. The van der Waals surface area contributed by atoms with E-state index in [-0.39, 0.29) is 17.9 Å². The van der Waals surface area contributed by atoms with E-state index in [1.54, 1.807) is 0 Å². The molecule has 0 aromatic carbocycles. The molecule has 0 aliphatic carbocycles. The maximum Gasteiger partial charge on any atom is 0.321 e. The van der Waals surface area contributed by atoms with E-state index in [1.807, 2.05) is 0 Å². The summed E-state index contributed by atoms with van der Waals surface area (Å²) in [5, 5.41) is 19.8. The van der Waals surface area contributed by atoms with Gasteiger partial charge < -0.3 is 10.2 Å². The van der Waals surface area contributed by atoms with Gasteiger partial charge in [-0.1, -0.05) is 0 Å². The van der Waals surface area contributed by atoms with E-state index in [0.717, 1.165) is 0 Å². The summed E-state index contributed by atoms with van der Waals surface area (Å²) in [5.74, 6) is -2.06. The lowest BCUT2D eigenvalue weighted by Gasteiger charge is -2.14. The molecule has 3 atom stereocenters. The first-order valence-electron chi connectivity index (χ1n) is 4.07. The Bertz CT molecular complexity index is 279. The highest BCUT2D eigenvalue weighted by molar-refractivity contribution is 7.85. The second kappa shape index (κ2) is 4.52. The van der Waals surface area contributed by atoms with Crippen LogP contribution in [0.1, 0.15) is 6.42 Å². The third-order valence-corrected chi connectivity index (χ3v) is 3.38. The van der Waals surface area contributed by atoms with Crippen molar-refractivity contribution >= 4 is 22.7 Å². The van der Waals surface area contributed by atoms with Crippen LogP contribution in [0.25, 0.3) is 0 Å². The zero-order valence-electron chi connectivity index (χ0n) is 7.30. The summed E-state index contributed by atoms with van der Waals surface area (Å²) in [5.41, 5.74) is 0. The van der Waals surface area contributed by atoms with Crippen molar-refractivity contribution in [2.75, 3.05) is 11.5 Å². The van der Waals surface area contributed by atoms with E-state index in [4.69, 9.17) is 10.2 Å². The van der Waals surface area contributed by atoms with Gasteiger partial charge in [-0.15, -0.1) is 0 Å². The minimum Gasteiger partial charge on any atom is -0.480 e. The van der Waals surface area contributed by atoms with Gasteiger partial charge >= 0.3 is 11.9 Å². The molecule has 1 aliphatic heterocycles. The van der Waals surface area contributed by atoms with Crippen molar-refractivity contribution in [2.24, 2.45) is 0 Å². The lowest BCUT2D eigenvalue weighted by atomic mass is 10.2. The SMILES string of the molecule is O=C(O)C1CCS(=O)CC(C(=O)O)N1. The highest BCUT2D eigenvalue weighted by Gasteiger charge is 2.30. The average Bonchev–Trinajstić information content (AvgIpc) is 2.26. The van der Waals surface area contributed by atoms with E-state index in [2.05, 4.69) is 5.32 Å². The highest BCUT2D eigenvalue weighted by Crippen LogP contribution is 2.05. The quantitative estimate of drug-likeness (QED) is 0.532. The Morgan fingerprint density at radius 3 is 2.29 bits per heavy atom. The molecule has 6 nitrogen and oxygen atoms in total. The molecule has 0 bridgehead atoms. The first kappa shape index (κ1) is 11.1. The monoisotopic (exact) mass is 221 g/mol. The molecule has 3 N–H and O–H groups in total. The summed E-state index contributed by atoms with van der Waals surface area (Å²) in [4.78, 5) is 21.3. The van der Waals surface area contributed by atoms with Crippen LogP contribution in [0.4, 0.5) is 0 Å². The van der Waals surface area contributed by atoms with Crippen LogP contribution in [-0.4, -0.2) is 49.9 Å². The molecule has 0 spiro atoms. The molecule has 1 saturated heterocycles. The van der Waals surface area contributed by atoms with Crippen LogP contribution >= 0.6 is 0 Å². The van der Waals surface area contributed by atoms with Crippen molar-refractivity contribution in [1.29, 1.82) is 0 Å². The molecule has 1 heterocycles. The minimum absolute atomic E-state index is 0.0287. The number of carboxylic acid groups (broad SMARTS) is 2. The molecule has 7 heteroatoms. The summed E-state index contributed by atoms with van der Waals surface area (Å²) in [6.45, 7) is 0. The number of carbonyl (C=O) groups is 2. The Balaban J connectivity index is 2.73. The van der Waals surface area contributed by atoms with E-state index in [1.165, 1.54) is 0 Å². The molecule has 1 aliphatic rings. The van der Waals surface area contributed by atoms with Crippen LogP contribution in [0.2, 0.25) is 0 Å². The lowest BCUT2D eigenvalue weighted by molar-refractivity contribution is -0.142.